The number of benzene rings is 1. The van der Waals surface area contributed by atoms with Crippen molar-refractivity contribution in [1.29, 1.82) is 0 Å². The van der Waals surface area contributed by atoms with E-state index in [0.29, 0.717) is 11.7 Å². The average Bonchev–Trinajstić information content (AvgIpc) is 2.82. The van der Waals surface area contributed by atoms with Gasteiger partial charge in [0.1, 0.15) is 5.82 Å². The second kappa shape index (κ2) is 4.67. The largest absolute Gasteiger partial charge is 0.383 e. The van der Waals surface area contributed by atoms with Crippen LogP contribution >= 0.6 is 0 Å². The Bertz CT molecular complexity index is 586. The Kier molecular flexibility index (Phi) is 2.99. The molecule has 1 heterocycles. The van der Waals surface area contributed by atoms with Crippen LogP contribution in [0.2, 0.25) is 0 Å². The van der Waals surface area contributed by atoms with Gasteiger partial charge in [-0.25, -0.2) is 4.98 Å². The van der Waals surface area contributed by atoms with Crippen LogP contribution in [0.4, 0.5) is 5.82 Å². The molecule has 1 aromatic carbocycles. The first-order valence-electron chi connectivity index (χ1n) is 6.73. The predicted octanol–water partition coefficient (Wildman–Crippen LogP) is 2.70. The van der Waals surface area contributed by atoms with Gasteiger partial charge in [0.2, 0.25) is 0 Å². The Morgan fingerprint density at radius 2 is 2.05 bits per heavy atom. The molecule has 0 radical (unpaired) electrons. The maximum atomic E-state index is 6.50. The number of nitrogens with zero attached hydrogens (tertiary/aromatic N) is 1. The molecule has 0 bridgehead atoms. The molecule has 3 nitrogen and oxygen atoms in total. The van der Waals surface area contributed by atoms with Gasteiger partial charge in [0.05, 0.1) is 0 Å². The number of rotatable bonds is 2. The lowest BCUT2D eigenvalue weighted by atomic mass is 9.87. The Balaban J connectivity index is 2.00. The fraction of sp³-hybridized carbons (Fsp3) is 0.312. The summed E-state index contributed by atoms with van der Waals surface area (Å²) in [5, 5.41) is 0. The maximum absolute atomic E-state index is 6.50. The molecule has 1 aliphatic carbocycles. The first-order valence-corrected chi connectivity index (χ1v) is 6.73. The van der Waals surface area contributed by atoms with Crippen molar-refractivity contribution in [2.45, 2.75) is 31.7 Å². The number of fused-ring (bicyclic) bond motifs is 1. The van der Waals surface area contributed by atoms with E-state index in [0.717, 1.165) is 24.0 Å². The monoisotopic (exact) mass is 253 g/mol. The van der Waals surface area contributed by atoms with Crippen LogP contribution in [0.15, 0.2) is 36.5 Å². The Hall–Kier alpha value is -1.87. The molecule has 2 unspecified atom stereocenters. The molecule has 0 spiro atoms. The van der Waals surface area contributed by atoms with Gasteiger partial charge in [-0.15, -0.1) is 0 Å². The van der Waals surface area contributed by atoms with Crippen molar-refractivity contribution in [2.24, 2.45) is 5.73 Å². The molecule has 3 heteroatoms. The lowest BCUT2D eigenvalue weighted by molar-refractivity contribution is 0.549. The zero-order chi connectivity index (χ0) is 13.4. The molecular formula is C16H19N3. The van der Waals surface area contributed by atoms with Gasteiger partial charge < -0.3 is 11.5 Å². The van der Waals surface area contributed by atoms with E-state index in [-0.39, 0.29) is 6.04 Å². The number of anilines is 1. The standard InChI is InChI=1S/C16H19N3/c1-10-8-9-19-16(18)14(10)15(17)13-7-6-11-4-2-3-5-12(11)13/h2-5,8-9,13,15H,6-7,17H2,1H3,(H2,18,19). The van der Waals surface area contributed by atoms with E-state index in [1.54, 1.807) is 6.20 Å². The Morgan fingerprint density at radius 1 is 1.26 bits per heavy atom. The molecule has 19 heavy (non-hydrogen) atoms. The highest BCUT2D eigenvalue weighted by Gasteiger charge is 2.30. The van der Waals surface area contributed by atoms with Gasteiger partial charge in [0.15, 0.2) is 0 Å². The smallest absolute Gasteiger partial charge is 0.128 e. The summed E-state index contributed by atoms with van der Waals surface area (Å²) in [7, 11) is 0. The lowest BCUT2D eigenvalue weighted by Gasteiger charge is -2.23. The minimum atomic E-state index is -0.0719. The normalized spacial score (nSPS) is 19.2. The molecule has 0 fully saturated rings. The number of pyridine rings is 1. The summed E-state index contributed by atoms with van der Waals surface area (Å²) < 4.78 is 0. The van der Waals surface area contributed by atoms with Crippen molar-refractivity contribution in [1.82, 2.24) is 4.98 Å². The third kappa shape index (κ3) is 2.00. The molecule has 3 rings (SSSR count). The Labute approximate surface area is 113 Å². The summed E-state index contributed by atoms with van der Waals surface area (Å²) in [5.41, 5.74) is 17.4. The van der Waals surface area contributed by atoms with Gasteiger partial charge in [-0.2, -0.15) is 0 Å². The van der Waals surface area contributed by atoms with Gasteiger partial charge in [-0.1, -0.05) is 24.3 Å². The molecule has 98 valence electrons. The zero-order valence-electron chi connectivity index (χ0n) is 11.1. The van der Waals surface area contributed by atoms with Gasteiger partial charge in [0, 0.05) is 23.7 Å². The van der Waals surface area contributed by atoms with E-state index in [4.69, 9.17) is 11.5 Å². The third-order valence-electron chi connectivity index (χ3n) is 4.19. The van der Waals surface area contributed by atoms with Crippen molar-refractivity contribution >= 4 is 5.82 Å². The zero-order valence-corrected chi connectivity index (χ0v) is 11.1. The molecule has 2 atom stereocenters. The highest BCUT2D eigenvalue weighted by atomic mass is 14.8. The van der Waals surface area contributed by atoms with Crippen LogP contribution in [0.25, 0.3) is 0 Å². The van der Waals surface area contributed by atoms with E-state index in [1.165, 1.54) is 11.1 Å². The van der Waals surface area contributed by atoms with Crippen molar-refractivity contribution in [3.63, 3.8) is 0 Å². The van der Waals surface area contributed by atoms with Gasteiger partial charge in [-0.05, 0) is 42.5 Å². The number of hydrogen-bond donors (Lipinski definition) is 2. The molecule has 0 amide bonds. The van der Waals surface area contributed by atoms with Gasteiger partial charge in [-0.3, -0.25) is 0 Å². The fourth-order valence-corrected chi connectivity index (χ4v) is 3.19. The number of nitrogens with two attached hydrogens (primary N) is 2. The fourth-order valence-electron chi connectivity index (χ4n) is 3.19. The maximum Gasteiger partial charge on any atom is 0.128 e. The van der Waals surface area contributed by atoms with E-state index in [2.05, 4.69) is 29.2 Å². The topological polar surface area (TPSA) is 64.9 Å². The average molecular weight is 253 g/mol. The molecule has 0 saturated heterocycles. The lowest BCUT2D eigenvalue weighted by Crippen LogP contribution is -2.21. The number of hydrogen-bond acceptors (Lipinski definition) is 3. The van der Waals surface area contributed by atoms with Crippen molar-refractivity contribution in [2.75, 3.05) is 5.73 Å². The summed E-state index contributed by atoms with van der Waals surface area (Å²) in [6.45, 7) is 2.05. The number of aryl methyl sites for hydroxylation is 2. The highest BCUT2D eigenvalue weighted by molar-refractivity contribution is 5.49. The summed E-state index contributed by atoms with van der Waals surface area (Å²) in [4.78, 5) is 4.19. The molecule has 2 aromatic rings. The van der Waals surface area contributed by atoms with Crippen LogP contribution in [0, 0.1) is 6.92 Å². The summed E-state index contributed by atoms with van der Waals surface area (Å²) >= 11 is 0. The van der Waals surface area contributed by atoms with Crippen LogP contribution in [0.5, 0.6) is 0 Å². The van der Waals surface area contributed by atoms with E-state index in [1.807, 2.05) is 13.0 Å². The highest BCUT2D eigenvalue weighted by Crippen LogP contribution is 2.41. The van der Waals surface area contributed by atoms with Gasteiger partial charge in [0.25, 0.3) is 0 Å². The minimum absolute atomic E-state index is 0.0719. The van der Waals surface area contributed by atoms with Crippen LogP contribution in [-0.2, 0) is 6.42 Å². The summed E-state index contributed by atoms with van der Waals surface area (Å²) in [6.07, 6.45) is 3.94. The Morgan fingerprint density at radius 3 is 2.84 bits per heavy atom. The van der Waals surface area contributed by atoms with Crippen LogP contribution in [-0.4, -0.2) is 4.98 Å². The van der Waals surface area contributed by atoms with E-state index < -0.39 is 0 Å². The van der Waals surface area contributed by atoms with Gasteiger partial charge >= 0.3 is 0 Å². The SMILES string of the molecule is Cc1ccnc(N)c1C(N)C1CCc2ccccc21. The molecular weight excluding hydrogens is 234 g/mol. The van der Waals surface area contributed by atoms with Crippen molar-refractivity contribution < 1.29 is 0 Å². The first-order chi connectivity index (χ1) is 9.18. The van der Waals surface area contributed by atoms with E-state index >= 15 is 0 Å². The van der Waals surface area contributed by atoms with Crippen molar-refractivity contribution in [3.8, 4) is 0 Å². The first kappa shape index (κ1) is 12.2. The van der Waals surface area contributed by atoms with Crippen LogP contribution < -0.4 is 11.5 Å². The van der Waals surface area contributed by atoms with E-state index in [9.17, 15) is 0 Å². The molecule has 4 N–H and O–H groups in total. The molecule has 0 saturated carbocycles. The summed E-state index contributed by atoms with van der Waals surface area (Å²) in [5.74, 6) is 0.915. The van der Waals surface area contributed by atoms with Crippen molar-refractivity contribution in [3.05, 3.63) is 58.8 Å². The second-order valence-electron chi connectivity index (χ2n) is 5.30. The molecule has 0 aliphatic heterocycles. The quantitative estimate of drug-likeness (QED) is 0.864. The predicted molar refractivity (Wildman–Crippen MR) is 77.8 cm³/mol. The number of aromatic nitrogens is 1. The second-order valence-corrected chi connectivity index (χ2v) is 5.30. The van der Waals surface area contributed by atoms with Crippen LogP contribution in [0.3, 0.4) is 0 Å². The third-order valence-corrected chi connectivity index (χ3v) is 4.19. The minimum Gasteiger partial charge on any atom is -0.383 e. The number of nitrogen functional groups attached to an aromatic ring is 1. The molecule has 1 aromatic heterocycles. The summed E-state index contributed by atoms with van der Waals surface area (Å²) in [6, 6.07) is 10.5. The molecule has 1 aliphatic rings. The van der Waals surface area contributed by atoms with Crippen LogP contribution in [0.1, 0.15) is 40.6 Å².